The van der Waals surface area contributed by atoms with E-state index in [0.29, 0.717) is 19.5 Å². The zero-order valence-corrected chi connectivity index (χ0v) is 15.5. The Labute approximate surface area is 150 Å². The Morgan fingerprint density at radius 3 is 2.48 bits per heavy atom. The van der Waals surface area contributed by atoms with Crippen LogP contribution < -0.4 is 5.32 Å². The van der Waals surface area contributed by atoms with Crippen LogP contribution in [0.2, 0.25) is 0 Å². The van der Waals surface area contributed by atoms with Gasteiger partial charge < -0.3 is 5.32 Å². The number of amides is 1. The predicted octanol–water partition coefficient (Wildman–Crippen LogP) is 1.36. The highest BCUT2D eigenvalue weighted by Crippen LogP contribution is 2.25. The van der Waals surface area contributed by atoms with Gasteiger partial charge in [-0.2, -0.15) is 4.31 Å². The Hall–Kier alpha value is -1.44. The first-order valence-electron chi connectivity index (χ1n) is 9.00. The summed E-state index contributed by atoms with van der Waals surface area (Å²) in [6, 6.07) is 9.78. The van der Waals surface area contributed by atoms with E-state index < -0.39 is 16.1 Å². The van der Waals surface area contributed by atoms with Crippen molar-refractivity contribution < 1.29 is 13.2 Å². The van der Waals surface area contributed by atoms with Crippen molar-refractivity contribution in [2.24, 2.45) is 0 Å². The lowest BCUT2D eigenvalue weighted by Gasteiger charge is -2.29. The van der Waals surface area contributed by atoms with Crippen LogP contribution >= 0.6 is 0 Å². The van der Waals surface area contributed by atoms with E-state index in [1.165, 1.54) is 29.0 Å². The van der Waals surface area contributed by atoms with Crippen LogP contribution in [0.15, 0.2) is 30.3 Å². The van der Waals surface area contributed by atoms with Gasteiger partial charge in [0.1, 0.15) is 6.04 Å². The van der Waals surface area contributed by atoms with Gasteiger partial charge in [-0.1, -0.05) is 30.3 Å². The second-order valence-electron chi connectivity index (χ2n) is 6.95. The quantitative estimate of drug-likeness (QED) is 0.826. The summed E-state index contributed by atoms with van der Waals surface area (Å²) in [6.07, 6.45) is 4.87. The summed E-state index contributed by atoms with van der Waals surface area (Å²) in [5, 5.41) is 3.02. The summed E-state index contributed by atoms with van der Waals surface area (Å²) in [4.78, 5) is 15.0. The average molecular weight is 365 g/mol. The van der Waals surface area contributed by atoms with Crippen LogP contribution in [0.4, 0.5) is 0 Å². The van der Waals surface area contributed by atoms with Gasteiger partial charge in [0.15, 0.2) is 0 Å². The summed E-state index contributed by atoms with van der Waals surface area (Å²) in [5.41, 5.74) is 1.19. The number of nitrogens with zero attached hydrogens (tertiary/aromatic N) is 2. The fourth-order valence-corrected chi connectivity index (χ4v) is 5.02. The van der Waals surface area contributed by atoms with E-state index in [1.54, 1.807) is 0 Å². The Morgan fingerprint density at radius 1 is 1.16 bits per heavy atom. The van der Waals surface area contributed by atoms with Crippen molar-refractivity contribution in [1.82, 2.24) is 14.5 Å². The lowest BCUT2D eigenvalue weighted by atomic mass is 10.1. The lowest BCUT2D eigenvalue weighted by molar-refractivity contribution is -0.124. The number of sulfonamides is 1. The summed E-state index contributed by atoms with van der Waals surface area (Å²) in [5.74, 6) is -0.178. The monoisotopic (exact) mass is 365 g/mol. The molecule has 7 heteroatoms. The highest BCUT2D eigenvalue weighted by molar-refractivity contribution is 7.88. The van der Waals surface area contributed by atoms with Gasteiger partial charge in [-0.15, -0.1) is 0 Å². The van der Waals surface area contributed by atoms with Crippen molar-refractivity contribution in [3.63, 3.8) is 0 Å². The zero-order valence-electron chi connectivity index (χ0n) is 14.7. The van der Waals surface area contributed by atoms with Crippen LogP contribution in [0.5, 0.6) is 0 Å². The SMILES string of the molecule is CS(=O)(=O)N1CCCC1C(=O)NCC(c1ccccc1)N1CCCC1. The lowest BCUT2D eigenvalue weighted by Crippen LogP contribution is -2.47. The minimum absolute atomic E-state index is 0.140. The molecule has 2 aliphatic rings. The third-order valence-electron chi connectivity index (χ3n) is 5.17. The molecule has 1 aromatic carbocycles. The van der Waals surface area contributed by atoms with Crippen LogP contribution in [0.25, 0.3) is 0 Å². The third-order valence-corrected chi connectivity index (χ3v) is 6.46. The van der Waals surface area contributed by atoms with Gasteiger partial charge in [0.05, 0.1) is 12.3 Å². The Bertz CT molecular complexity index is 687. The molecule has 25 heavy (non-hydrogen) atoms. The van der Waals surface area contributed by atoms with E-state index in [0.717, 1.165) is 19.5 Å². The van der Waals surface area contributed by atoms with Crippen molar-refractivity contribution in [3.05, 3.63) is 35.9 Å². The third kappa shape index (κ3) is 4.40. The molecule has 0 spiro atoms. The number of carbonyl (C=O) groups is 1. The van der Waals surface area contributed by atoms with Crippen molar-refractivity contribution in [3.8, 4) is 0 Å². The van der Waals surface area contributed by atoms with Crippen molar-refractivity contribution >= 4 is 15.9 Å². The first-order valence-corrected chi connectivity index (χ1v) is 10.8. The number of rotatable bonds is 6. The van der Waals surface area contributed by atoms with Gasteiger partial charge in [-0.05, 0) is 44.3 Å². The molecule has 0 aromatic heterocycles. The largest absolute Gasteiger partial charge is 0.353 e. The van der Waals surface area contributed by atoms with Crippen molar-refractivity contribution in [2.75, 3.05) is 32.4 Å². The van der Waals surface area contributed by atoms with Gasteiger partial charge in [-0.25, -0.2) is 8.42 Å². The van der Waals surface area contributed by atoms with E-state index >= 15 is 0 Å². The fourth-order valence-electron chi connectivity index (χ4n) is 3.90. The van der Waals surface area contributed by atoms with Crippen LogP contribution in [-0.2, 0) is 14.8 Å². The van der Waals surface area contributed by atoms with Crippen LogP contribution in [0.3, 0.4) is 0 Å². The first-order chi connectivity index (χ1) is 12.0. The number of likely N-dealkylation sites (tertiary alicyclic amines) is 1. The molecule has 1 N–H and O–H groups in total. The molecule has 2 aliphatic heterocycles. The maximum absolute atomic E-state index is 12.6. The summed E-state index contributed by atoms with van der Waals surface area (Å²) in [6.45, 7) is 3.02. The normalized spacial score (nSPS) is 23.6. The number of nitrogens with one attached hydrogen (secondary N) is 1. The molecule has 1 aromatic rings. The summed E-state index contributed by atoms with van der Waals surface area (Å²) >= 11 is 0. The molecule has 0 bridgehead atoms. The molecule has 2 heterocycles. The van der Waals surface area contributed by atoms with E-state index in [4.69, 9.17) is 0 Å². The van der Waals surface area contributed by atoms with E-state index in [2.05, 4.69) is 22.3 Å². The fraction of sp³-hybridized carbons (Fsp3) is 0.611. The van der Waals surface area contributed by atoms with Crippen LogP contribution in [0.1, 0.15) is 37.3 Å². The topological polar surface area (TPSA) is 69.7 Å². The first kappa shape index (κ1) is 18.4. The van der Waals surface area contributed by atoms with Gasteiger partial charge in [0.25, 0.3) is 0 Å². The molecule has 2 saturated heterocycles. The highest BCUT2D eigenvalue weighted by atomic mass is 32.2. The van der Waals surface area contributed by atoms with Crippen molar-refractivity contribution in [2.45, 2.75) is 37.8 Å². The molecule has 0 aliphatic carbocycles. The minimum Gasteiger partial charge on any atom is -0.353 e. The maximum Gasteiger partial charge on any atom is 0.238 e. The van der Waals surface area contributed by atoms with Gasteiger partial charge >= 0.3 is 0 Å². The van der Waals surface area contributed by atoms with E-state index in [-0.39, 0.29) is 11.9 Å². The molecule has 6 nitrogen and oxygen atoms in total. The molecule has 2 unspecified atom stereocenters. The molecular weight excluding hydrogens is 338 g/mol. The number of hydrogen-bond donors (Lipinski definition) is 1. The molecule has 0 radical (unpaired) electrons. The number of benzene rings is 1. The van der Waals surface area contributed by atoms with Gasteiger partial charge in [-0.3, -0.25) is 9.69 Å². The average Bonchev–Trinajstić information content (AvgIpc) is 3.27. The number of carbonyl (C=O) groups excluding carboxylic acids is 1. The Kier molecular flexibility index (Phi) is 5.76. The van der Waals surface area contributed by atoms with Gasteiger partial charge in [0.2, 0.25) is 15.9 Å². The van der Waals surface area contributed by atoms with Crippen molar-refractivity contribution in [1.29, 1.82) is 0 Å². The van der Waals surface area contributed by atoms with Crippen LogP contribution in [-0.4, -0.2) is 62.0 Å². The minimum atomic E-state index is -3.34. The van der Waals surface area contributed by atoms with E-state index in [9.17, 15) is 13.2 Å². The summed E-state index contributed by atoms with van der Waals surface area (Å²) in [7, 11) is -3.34. The van der Waals surface area contributed by atoms with Crippen LogP contribution in [0, 0.1) is 0 Å². The molecule has 2 fully saturated rings. The summed E-state index contributed by atoms with van der Waals surface area (Å²) < 4.78 is 25.0. The second-order valence-corrected chi connectivity index (χ2v) is 8.88. The standard InChI is InChI=1S/C18H27N3O3S/c1-25(23,24)21-13-7-10-16(21)18(22)19-14-17(20-11-5-6-12-20)15-8-3-2-4-9-15/h2-4,8-9,16-17H,5-7,10-14H2,1H3,(H,19,22). The van der Waals surface area contributed by atoms with E-state index in [1.807, 2.05) is 18.2 Å². The highest BCUT2D eigenvalue weighted by Gasteiger charge is 2.36. The molecular formula is C18H27N3O3S. The molecule has 0 saturated carbocycles. The Morgan fingerprint density at radius 2 is 1.84 bits per heavy atom. The maximum atomic E-state index is 12.6. The molecule has 138 valence electrons. The molecule has 1 amide bonds. The number of hydrogen-bond acceptors (Lipinski definition) is 4. The smallest absolute Gasteiger partial charge is 0.238 e. The molecule has 3 rings (SSSR count). The second kappa shape index (κ2) is 7.85. The van der Waals surface area contributed by atoms with Gasteiger partial charge in [0, 0.05) is 13.1 Å². The molecule has 2 atom stereocenters. The Balaban J connectivity index is 1.67. The predicted molar refractivity (Wildman–Crippen MR) is 97.6 cm³/mol. The zero-order chi connectivity index (χ0) is 17.9.